The van der Waals surface area contributed by atoms with Crippen LogP contribution in [0.5, 0.6) is 0 Å². The van der Waals surface area contributed by atoms with E-state index in [0.717, 1.165) is 5.56 Å². The predicted molar refractivity (Wildman–Crippen MR) is 70.6 cm³/mol. The van der Waals surface area contributed by atoms with Crippen molar-refractivity contribution in [2.75, 3.05) is 26.4 Å². The average Bonchev–Trinajstić information content (AvgIpc) is 2.29. The molecule has 1 N–H and O–H groups in total. The molecule has 0 bridgehead atoms. The first-order chi connectivity index (χ1) is 7.95. The molecular formula is C11H17ClN2O2S. The molecule has 1 aromatic rings. The summed E-state index contributed by atoms with van der Waals surface area (Å²) in [5, 5.41) is 3.47. The fraction of sp³-hybridized carbons (Fsp3) is 0.455. The van der Waals surface area contributed by atoms with Crippen LogP contribution in [0.15, 0.2) is 24.3 Å². The van der Waals surface area contributed by atoms with Crippen LogP contribution in [-0.2, 0) is 16.6 Å². The van der Waals surface area contributed by atoms with Gasteiger partial charge in [0, 0.05) is 25.2 Å². The summed E-state index contributed by atoms with van der Waals surface area (Å²) in [5.41, 5.74) is 0.921. The van der Waals surface area contributed by atoms with Gasteiger partial charge in [-0.2, -0.15) is 0 Å². The van der Waals surface area contributed by atoms with Crippen molar-refractivity contribution >= 4 is 21.6 Å². The highest BCUT2D eigenvalue weighted by Gasteiger charge is 2.16. The number of nitrogens with zero attached hydrogens (tertiary/aromatic N) is 1. The van der Waals surface area contributed by atoms with Crippen molar-refractivity contribution < 1.29 is 8.42 Å². The molecule has 0 saturated carbocycles. The summed E-state index contributed by atoms with van der Waals surface area (Å²) in [6.45, 7) is 0.816. The predicted octanol–water partition coefficient (Wildman–Crippen LogP) is 1.32. The van der Waals surface area contributed by atoms with E-state index in [2.05, 4.69) is 5.32 Å². The van der Waals surface area contributed by atoms with Crippen LogP contribution >= 0.6 is 11.6 Å². The molecule has 96 valence electrons. The molecule has 0 aliphatic carbocycles. The van der Waals surface area contributed by atoms with E-state index in [0.29, 0.717) is 18.1 Å². The number of rotatable bonds is 6. The quantitative estimate of drug-likeness (QED) is 0.853. The van der Waals surface area contributed by atoms with Crippen molar-refractivity contribution in [3.8, 4) is 0 Å². The normalized spacial score (nSPS) is 12.0. The molecule has 0 aliphatic rings. The van der Waals surface area contributed by atoms with E-state index < -0.39 is 10.0 Å². The maximum absolute atomic E-state index is 11.8. The van der Waals surface area contributed by atoms with E-state index in [1.165, 1.54) is 4.31 Å². The Balaban J connectivity index is 2.65. The van der Waals surface area contributed by atoms with Crippen LogP contribution in [0.2, 0.25) is 5.02 Å². The van der Waals surface area contributed by atoms with Gasteiger partial charge in [0.05, 0.1) is 5.75 Å². The molecule has 0 aliphatic heterocycles. The molecule has 0 aromatic heterocycles. The number of hydrogen-bond donors (Lipinski definition) is 1. The van der Waals surface area contributed by atoms with E-state index >= 15 is 0 Å². The zero-order valence-electron chi connectivity index (χ0n) is 9.98. The minimum absolute atomic E-state index is 0.105. The third kappa shape index (κ3) is 4.63. The van der Waals surface area contributed by atoms with Gasteiger partial charge in [-0.3, -0.25) is 0 Å². The van der Waals surface area contributed by atoms with Gasteiger partial charge in [0.1, 0.15) is 0 Å². The van der Waals surface area contributed by atoms with Crippen molar-refractivity contribution in [2.45, 2.75) is 6.54 Å². The lowest BCUT2D eigenvalue weighted by molar-refractivity contribution is 0.466. The Hall–Kier alpha value is -0.620. The van der Waals surface area contributed by atoms with Crippen molar-refractivity contribution in [2.24, 2.45) is 0 Å². The number of hydrogen-bond acceptors (Lipinski definition) is 3. The highest BCUT2D eigenvalue weighted by molar-refractivity contribution is 7.89. The topological polar surface area (TPSA) is 49.4 Å². The molecule has 0 saturated heterocycles. The van der Waals surface area contributed by atoms with Crippen molar-refractivity contribution in [3.05, 3.63) is 34.9 Å². The van der Waals surface area contributed by atoms with Gasteiger partial charge in [0.15, 0.2) is 0 Å². The van der Waals surface area contributed by atoms with Crippen LogP contribution in [0.1, 0.15) is 5.56 Å². The summed E-state index contributed by atoms with van der Waals surface area (Å²) in [5.74, 6) is 0.105. The van der Waals surface area contributed by atoms with E-state index in [4.69, 9.17) is 11.6 Å². The van der Waals surface area contributed by atoms with Crippen molar-refractivity contribution in [3.63, 3.8) is 0 Å². The van der Waals surface area contributed by atoms with Gasteiger partial charge in [0.2, 0.25) is 10.0 Å². The molecule has 0 spiro atoms. The van der Waals surface area contributed by atoms with Gasteiger partial charge >= 0.3 is 0 Å². The van der Waals surface area contributed by atoms with Crippen LogP contribution in [0.4, 0.5) is 0 Å². The van der Waals surface area contributed by atoms with Gasteiger partial charge in [-0.1, -0.05) is 23.7 Å². The second-order valence-corrected chi connectivity index (χ2v) is 6.43. The first kappa shape index (κ1) is 14.4. The van der Waals surface area contributed by atoms with E-state index in [1.807, 2.05) is 12.1 Å². The van der Waals surface area contributed by atoms with Crippen molar-refractivity contribution in [1.82, 2.24) is 9.62 Å². The minimum atomic E-state index is -3.19. The van der Waals surface area contributed by atoms with Gasteiger partial charge < -0.3 is 5.32 Å². The maximum atomic E-state index is 11.8. The summed E-state index contributed by atoms with van der Waals surface area (Å²) >= 11 is 5.77. The van der Waals surface area contributed by atoms with Gasteiger partial charge in [-0.25, -0.2) is 12.7 Å². The van der Waals surface area contributed by atoms with E-state index in [1.54, 1.807) is 26.2 Å². The standard InChI is InChI=1S/C11H17ClN2O2S/c1-13-7-8-17(15,16)14(2)9-10-3-5-11(12)6-4-10/h3-6,13H,7-9H2,1-2H3. The van der Waals surface area contributed by atoms with Gasteiger partial charge in [0.25, 0.3) is 0 Å². The summed E-state index contributed by atoms with van der Waals surface area (Å²) in [7, 11) is 0.121. The first-order valence-corrected chi connectivity index (χ1v) is 7.27. The molecule has 0 amide bonds. The molecular weight excluding hydrogens is 260 g/mol. The molecule has 1 aromatic carbocycles. The smallest absolute Gasteiger partial charge is 0.215 e. The third-order valence-corrected chi connectivity index (χ3v) is 4.45. The van der Waals surface area contributed by atoms with Crippen LogP contribution in [0.3, 0.4) is 0 Å². The zero-order valence-corrected chi connectivity index (χ0v) is 11.6. The second kappa shape index (κ2) is 6.35. The Bertz CT molecular complexity index is 445. The van der Waals surface area contributed by atoms with E-state index in [9.17, 15) is 8.42 Å². The lowest BCUT2D eigenvalue weighted by Gasteiger charge is -2.17. The van der Waals surface area contributed by atoms with Crippen LogP contribution in [0.25, 0.3) is 0 Å². The fourth-order valence-corrected chi connectivity index (χ4v) is 2.58. The number of benzene rings is 1. The first-order valence-electron chi connectivity index (χ1n) is 5.29. The summed E-state index contributed by atoms with van der Waals surface area (Å²) in [4.78, 5) is 0. The third-order valence-electron chi connectivity index (χ3n) is 2.40. The van der Waals surface area contributed by atoms with Gasteiger partial charge in [-0.05, 0) is 24.7 Å². The lowest BCUT2D eigenvalue weighted by atomic mass is 10.2. The van der Waals surface area contributed by atoms with Crippen LogP contribution in [0, 0.1) is 0 Å². The van der Waals surface area contributed by atoms with E-state index in [-0.39, 0.29) is 5.75 Å². The molecule has 17 heavy (non-hydrogen) atoms. The van der Waals surface area contributed by atoms with Crippen LogP contribution in [-0.4, -0.2) is 39.1 Å². The highest BCUT2D eigenvalue weighted by atomic mass is 35.5. The largest absolute Gasteiger partial charge is 0.319 e. The molecule has 4 nitrogen and oxygen atoms in total. The summed E-state index contributed by atoms with van der Waals surface area (Å²) < 4.78 is 25.0. The number of sulfonamides is 1. The van der Waals surface area contributed by atoms with Gasteiger partial charge in [-0.15, -0.1) is 0 Å². The Labute approximate surface area is 108 Å². The van der Waals surface area contributed by atoms with Crippen LogP contribution < -0.4 is 5.32 Å². The molecule has 0 atom stereocenters. The Morgan fingerprint density at radius 2 is 1.88 bits per heavy atom. The number of nitrogens with one attached hydrogen (secondary N) is 1. The molecule has 0 unspecified atom stereocenters. The molecule has 6 heteroatoms. The Kier molecular flexibility index (Phi) is 5.39. The molecule has 0 radical (unpaired) electrons. The fourth-order valence-electron chi connectivity index (χ4n) is 1.33. The molecule has 1 rings (SSSR count). The number of halogens is 1. The monoisotopic (exact) mass is 276 g/mol. The maximum Gasteiger partial charge on any atom is 0.215 e. The Morgan fingerprint density at radius 3 is 2.41 bits per heavy atom. The average molecular weight is 277 g/mol. The lowest BCUT2D eigenvalue weighted by Crippen LogP contribution is -2.32. The SMILES string of the molecule is CNCCS(=O)(=O)N(C)Cc1ccc(Cl)cc1. The Morgan fingerprint density at radius 1 is 1.29 bits per heavy atom. The molecule has 0 fully saturated rings. The highest BCUT2D eigenvalue weighted by Crippen LogP contribution is 2.12. The molecule has 0 heterocycles. The summed E-state index contributed by atoms with van der Waals surface area (Å²) in [6.07, 6.45) is 0. The summed E-state index contributed by atoms with van der Waals surface area (Å²) in [6, 6.07) is 7.16. The van der Waals surface area contributed by atoms with Crippen molar-refractivity contribution in [1.29, 1.82) is 0 Å². The zero-order chi connectivity index (χ0) is 12.9. The second-order valence-electron chi connectivity index (χ2n) is 3.80. The minimum Gasteiger partial charge on any atom is -0.319 e.